The highest BCUT2D eigenvalue weighted by Crippen LogP contribution is 2.39. The Kier molecular flexibility index (Phi) is 5.87. The van der Waals surface area contributed by atoms with Gasteiger partial charge in [-0.3, -0.25) is 20.0 Å². The maximum atomic E-state index is 11.7. The second-order valence-electron chi connectivity index (χ2n) is 7.79. The van der Waals surface area contributed by atoms with Crippen LogP contribution in [0, 0.1) is 0 Å². The van der Waals surface area contributed by atoms with Crippen LogP contribution in [0.25, 0.3) is 0 Å². The van der Waals surface area contributed by atoms with E-state index in [0.29, 0.717) is 24.8 Å². The van der Waals surface area contributed by atoms with Crippen molar-refractivity contribution in [2.24, 2.45) is 4.99 Å². The van der Waals surface area contributed by atoms with Crippen molar-refractivity contribution in [1.29, 1.82) is 0 Å². The van der Waals surface area contributed by atoms with E-state index in [4.69, 9.17) is 4.74 Å². The average Bonchev–Trinajstić information content (AvgIpc) is 3.34. The smallest absolute Gasteiger partial charge is 0.411 e. The monoisotopic (exact) mass is 451 g/mol. The number of amidine groups is 1. The Hall–Kier alpha value is -3.24. The Labute approximate surface area is 190 Å². The molecule has 1 saturated carbocycles. The van der Waals surface area contributed by atoms with E-state index < -0.39 is 6.09 Å². The van der Waals surface area contributed by atoms with Crippen molar-refractivity contribution in [2.75, 3.05) is 23.8 Å². The van der Waals surface area contributed by atoms with Crippen molar-refractivity contribution in [3.05, 3.63) is 60.4 Å². The van der Waals surface area contributed by atoms with Gasteiger partial charge in [-0.05, 0) is 60.4 Å². The fourth-order valence-corrected chi connectivity index (χ4v) is 4.29. The zero-order chi connectivity index (χ0) is 21.9. The molecular weight excluding hydrogens is 426 g/mol. The number of benzene rings is 1. The Balaban J connectivity index is 1.25. The number of aromatic amines is 1. The molecule has 1 aliphatic carbocycles. The zero-order valence-corrected chi connectivity index (χ0v) is 18.6. The molecule has 5 rings (SSSR count). The number of amides is 1. The molecule has 1 aromatic heterocycles. The molecular formula is C22H25N7O2S+. The molecule has 0 unspecified atom stereocenters. The van der Waals surface area contributed by atoms with Crippen molar-refractivity contribution in [3.8, 4) is 0 Å². The van der Waals surface area contributed by atoms with Gasteiger partial charge in [0.2, 0.25) is 0 Å². The normalized spacial score (nSPS) is 17.6. The summed E-state index contributed by atoms with van der Waals surface area (Å²) in [5.74, 6) is 3.26. The third kappa shape index (κ3) is 4.81. The molecule has 3 N–H and O–H groups in total. The van der Waals surface area contributed by atoms with Gasteiger partial charge in [0.1, 0.15) is 6.54 Å². The molecule has 165 valence electrons. The first-order chi connectivity index (χ1) is 15.7. The number of rotatable bonds is 8. The first kappa shape index (κ1) is 20.7. The van der Waals surface area contributed by atoms with Gasteiger partial charge in [0.05, 0.1) is 19.0 Å². The number of ether oxygens (including phenoxy) is 1. The number of H-pyrrole nitrogens is 1. The summed E-state index contributed by atoms with van der Waals surface area (Å²) in [4.78, 5) is 19.3. The molecule has 10 heteroatoms. The molecule has 3 aliphatic rings. The van der Waals surface area contributed by atoms with E-state index in [1.807, 2.05) is 42.3 Å². The van der Waals surface area contributed by atoms with Gasteiger partial charge in [-0.15, -0.1) is 0 Å². The van der Waals surface area contributed by atoms with E-state index in [9.17, 15) is 4.79 Å². The van der Waals surface area contributed by atoms with Crippen LogP contribution in [0.1, 0.15) is 37.8 Å². The van der Waals surface area contributed by atoms with Crippen LogP contribution < -0.4 is 15.5 Å². The van der Waals surface area contributed by atoms with Crippen LogP contribution in [-0.2, 0) is 4.74 Å². The lowest BCUT2D eigenvalue weighted by atomic mass is 10.3. The number of anilines is 2. The third-order valence-electron chi connectivity index (χ3n) is 5.17. The van der Waals surface area contributed by atoms with Crippen molar-refractivity contribution in [3.63, 3.8) is 0 Å². The van der Waals surface area contributed by atoms with Crippen molar-refractivity contribution in [2.45, 2.75) is 37.0 Å². The summed E-state index contributed by atoms with van der Waals surface area (Å²) >= 11 is 1.60. The summed E-state index contributed by atoms with van der Waals surface area (Å²) in [6.07, 6.45) is 8.63. The molecule has 9 nitrogen and oxygen atoms in total. The fourth-order valence-electron chi connectivity index (χ4n) is 3.42. The lowest BCUT2D eigenvalue weighted by Crippen LogP contribution is -2.42. The van der Waals surface area contributed by atoms with Gasteiger partial charge in [-0.2, -0.15) is 10.1 Å². The summed E-state index contributed by atoms with van der Waals surface area (Å²) in [7, 11) is 0. The van der Waals surface area contributed by atoms with Crippen molar-refractivity contribution < 1.29 is 9.53 Å². The van der Waals surface area contributed by atoms with E-state index in [-0.39, 0.29) is 0 Å². The summed E-state index contributed by atoms with van der Waals surface area (Å²) in [5.41, 5.74) is 1.89. The van der Waals surface area contributed by atoms with E-state index >= 15 is 0 Å². The molecule has 2 aromatic rings. The highest BCUT2D eigenvalue weighted by Gasteiger charge is 2.37. The van der Waals surface area contributed by atoms with Gasteiger partial charge in [0, 0.05) is 28.3 Å². The Morgan fingerprint density at radius 2 is 2.19 bits per heavy atom. The molecule has 0 spiro atoms. The number of carbonyl (C=O) groups excluding carboxylic acids is 1. The van der Waals surface area contributed by atoms with Crippen LogP contribution in [0.15, 0.2) is 64.6 Å². The van der Waals surface area contributed by atoms with E-state index in [0.717, 1.165) is 28.8 Å². The molecule has 0 atom stereocenters. The van der Waals surface area contributed by atoms with Crippen LogP contribution >= 0.6 is 11.9 Å². The number of fused-ring (bicyclic) bond motifs is 1. The summed E-state index contributed by atoms with van der Waals surface area (Å²) in [5, 5.41) is 13.7. The molecule has 0 bridgehead atoms. The van der Waals surface area contributed by atoms with Gasteiger partial charge in [0.25, 0.3) is 11.7 Å². The summed E-state index contributed by atoms with van der Waals surface area (Å²) in [6, 6.07) is 9.76. The van der Waals surface area contributed by atoms with Gasteiger partial charge in [-0.25, -0.2) is 4.79 Å². The van der Waals surface area contributed by atoms with Gasteiger partial charge < -0.3 is 4.74 Å². The predicted molar refractivity (Wildman–Crippen MR) is 125 cm³/mol. The molecule has 0 saturated heterocycles. The van der Waals surface area contributed by atoms with Crippen LogP contribution in [-0.4, -0.2) is 39.6 Å². The maximum absolute atomic E-state index is 11.7. The minimum Gasteiger partial charge on any atom is -0.449 e. The number of hydrogen-bond donors (Lipinski definition) is 3. The third-order valence-corrected chi connectivity index (χ3v) is 6.12. The largest absolute Gasteiger partial charge is 0.449 e. The van der Waals surface area contributed by atoms with Crippen LogP contribution in [0.5, 0.6) is 0 Å². The van der Waals surface area contributed by atoms with E-state index in [1.54, 1.807) is 18.1 Å². The Bertz CT molecular complexity index is 1070. The number of nitrogens with zero attached hydrogens (tertiary/aromatic N) is 4. The first-order valence-electron chi connectivity index (χ1n) is 10.7. The van der Waals surface area contributed by atoms with Crippen LogP contribution in [0.2, 0.25) is 0 Å². The summed E-state index contributed by atoms with van der Waals surface area (Å²) in [6.45, 7) is 3.04. The minimum atomic E-state index is -0.433. The highest BCUT2D eigenvalue weighted by molar-refractivity contribution is 7.97. The minimum absolute atomic E-state index is 0.410. The second-order valence-corrected chi connectivity index (χ2v) is 8.91. The Morgan fingerprint density at radius 3 is 2.97 bits per heavy atom. The molecule has 1 fully saturated rings. The molecule has 1 radical (unpaired) electrons. The van der Waals surface area contributed by atoms with Gasteiger partial charge in [-0.1, -0.05) is 6.92 Å². The van der Waals surface area contributed by atoms with Crippen molar-refractivity contribution >= 4 is 35.4 Å². The lowest BCUT2D eigenvalue weighted by molar-refractivity contribution is 0.161. The molecule has 3 heterocycles. The van der Waals surface area contributed by atoms with E-state index in [2.05, 4.69) is 42.4 Å². The average molecular weight is 452 g/mol. The number of aromatic nitrogens is 2. The van der Waals surface area contributed by atoms with Crippen LogP contribution in [0.4, 0.5) is 16.3 Å². The molecule has 1 aromatic carbocycles. The molecule has 1 amide bonds. The molecule has 2 aliphatic heterocycles. The quantitative estimate of drug-likeness (QED) is 0.404. The van der Waals surface area contributed by atoms with E-state index in [1.165, 1.54) is 18.5 Å². The maximum Gasteiger partial charge on any atom is 0.411 e. The topological polar surface area (TPSA) is 101 Å². The number of nitrogens with one attached hydrogen (secondary N) is 3. The number of aliphatic imine (C=N–C) groups is 1. The number of hydrogen-bond acceptors (Lipinski definition) is 8. The second kappa shape index (κ2) is 9.09. The lowest BCUT2D eigenvalue weighted by Gasteiger charge is -2.24. The highest BCUT2D eigenvalue weighted by atomic mass is 32.2. The summed E-state index contributed by atoms with van der Waals surface area (Å²) < 4.78 is 7.18. The SMILES string of the molecule is CCCOC(=O)Nc1ccc(SN2C=C(Nc3cc(C4CC4)[nH]n3)[N+]3C=CN=C3C2)cc1. The number of carbonyl (C=O) groups is 1. The van der Waals surface area contributed by atoms with Gasteiger partial charge in [0.15, 0.2) is 12.0 Å². The van der Waals surface area contributed by atoms with Gasteiger partial charge >= 0.3 is 6.09 Å². The zero-order valence-electron chi connectivity index (χ0n) is 17.7. The molecule has 32 heavy (non-hydrogen) atoms. The standard InChI is InChI=1S/C22H25N7O2S/c1-2-11-31-22(30)24-16-5-7-17(8-6-16)32-28-13-20-23-9-10-29(20)21(14-28)25-19-12-18(26-27-19)15-3-4-15/h5-10,12,14-15H,2-4,11,13H2,1H3,(H,24,30)(H2,25,26,27)/q+1. The van der Waals surface area contributed by atoms with Crippen molar-refractivity contribution in [1.82, 2.24) is 19.4 Å². The first-order valence-corrected chi connectivity index (χ1v) is 11.5. The van der Waals surface area contributed by atoms with Crippen LogP contribution in [0.3, 0.4) is 0 Å². The Morgan fingerprint density at radius 1 is 1.34 bits per heavy atom. The fraction of sp³-hybridized carbons (Fsp3) is 0.318. The predicted octanol–water partition coefficient (Wildman–Crippen LogP) is 4.50.